The molecule has 0 bridgehead atoms. The number of anilines is 1. The average molecular weight is 240 g/mol. The molecule has 0 aliphatic heterocycles. The first kappa shape index (κ1) is 8.18. The molecular formula is C7H6BrN5. The predicted octanol–water partition coefficient (Wildman–Crippen LogP) is 1.01. The van der Waals surface area contributed by atoms with E-state index in [0.29, 0.717) is 11.6 Å². The van der Waals surface area contributed by atoms with Crippen LogP contribution in [0.2, 0.25) is 0 Å². The van der Waals surface area contributed by atoms with Gasteiger partial charge in [-0.05, 0) is 15.9 Å². The zero-order chi connectivity index (χ0) is 9.26. The second-order valence-electron chi connectivity index (χ2n) is 2.38. The molecule has 0 aliphatic carbocycles. The summed E-state index contributed by atoms with van der Waals surface area (Å²) in [7, 11) is 0. The van der Waals surface area contributed by atoms with Crippen molar-refractivity contribution in [3.63, 3.8) is 0 Å². The highest BCUT2D eigenvalue weighted by Crippen LogP contribution is 2.16. The van der Waals surface area contributed by atoms with E-state index in [1.807, 2.05) is 0 Å². The highest BCUT2D eigenvalue weighted by molar-refractivity contribution is 9.10. The summed E-state index contributed by atoms with van der Waals surface area (Å²) in [6.07, 6.45) is 4.85. The predicted molar refractivity (Wildman–Crippen MR) is 51.3 cm³/mol. The van der Waals surface area contributed by atoms with Gasteiger partial charge in [-0.2, -0.15) is 0 Å². The third-order valence-electron chi connectivity index (χ3n) is 1.47. The summed E-state index contributed by atoms with van der Waals surface area (Å²) in [5, 5.41) is 4.02. The molecule has 5 nitrogen and oxygen atoms in total. The number of rotatable bonds is 1. The number of nitrogens with two attached hydrogens (primary N) is 1. The Labute approximate surface area is 82.7 Å². The Morgan fingerprint density at radius 1 is 1.46 bits per heavy atom. The third-order valence-corrected chi connectivity index (χ3v) is 2.03. The van der Waals surface area contributed by atoms with E-state index in [4.69, 9.17) is 5.73 Å². The van der Waals surface area contributed by atoms with E-state index in [9.17, 15) is 0 Å². The summed E-state index contributed by atoms with van der Waals surface area (Å²) in [6, 6.07) is 1.70. The zero-order valence-electron chi connectivity index (χ0n) is 6.55. The van der Waals surface area contributed by atoms with Crippen molar-refractivity contribution in [2.45, 2.75) is 0 Å². The number of nitrogen functional groups attached to an aromatic ring is 1. The zero-order valence-corrected chi connectivity index (χ0v) is 8.14. The number of nitrogens with zero attached hydrogens (tertiary/aromatic N) is 4. The monoisotopic (exact) mass is 239 g/mol. The van der Waals surface area contributed by atoms with Crippen LogP contribution in [-0.2, 0) is 0 Å². The maximum Gasteiger partial charge on any atom is 0.170 e. The summed E-state index contributed by atoms with van der Waals surface area (Å²) in [5.74, 6) is 1.14. The maximum atomic E-state index is 5.48. The van der Waals surface area contributed by atoms with Crippen molar-refractivity contribution in [1.82, 2.24) is 19.7 Å². The Morgan fingerprint density at radius 3 is 2.92 bits per heavy atom. The van der Waals surface area contributed by atoms with Crippen LogP contribution in [0.5, 0.6) is 0 Å². The molecule has 0 fully saturated rings. The van der Waals surface area contributed by atoms with Crippen LogP contribution in [0, 0.1) is 0 Å². The van der Waals surface area contributed by atoms with Gasteiger partial charge in [0.25, 0.3) is 0 Å². The van der Waals surface area contributed by atoms with E-state index < -0.39 is 0 Å². The fourth-order valence-corrected chi connectivity index (χ4v) is 1.33. The highest BCUT2D eigenvalue weighted by Gasteiger charge is 2.03. The molecule has 0 aliphatic rings. The summed E-state index contributed by atoms with van der Waals surface area (Å²) < 4.78 is 2.36. The molecule has 2 rings (SSSR count). The van der Waals surface area contributed by atoms with Crippen molar-refractivity contribution >= 4 is 21.7 Å². The van der Waals surface area contributed by atoms with Gasteiger partial charge >= 0.3 is 0 Å². The van der Waals surface area contributed by atoms with Crippen molar-refractivity contribution in [2.24, 2.45) is 0 Å². The smallest absolute Gasteiger partial charge is 0.170 e. The van der Waals surface area contributed by atoms with E-state index in [2.05, 4.69) is 31.0 Å². The number of aromatic nitrogens is 4. The molecule has 2 aromatic rings. The SMILES string of the molecule is Nc1ccn(-c2ncncc2Br)n1. The molecular weight excluding hydrogens is 234 g/mol. The van der Waals surface area contributed by atoms with E-state index in [0.717, 1.165) is 4.47 Å². The standard InChI is InChI=1S/C7H6BrN5/c8-5-3-10-4-11-7(5)13-2-1-6(9)12-13/h1-4H,(H2,9,12). The van der Waals surface area contributed by atoms with E-state index >= 15 is 0 Å². The third kappa shape index (κ3) is 1.52. The molecule has 0 radical (unpaired) electrons. The van der Waals surface area contributed by atoms with E-state index in [-0.39, 0.29) is 0 Å². The molecule has 6 heteroatoms. The Balaban J connectivity index is 2.52. The number of hydrogen-bond acceptors (Lipinski definition) is 4. The largest absolute Gasteiger partial charge is 0.382 e. The minimum Gasteiger partial charge on any atom is -0.382 e. The number of halogens is 1. The first-order chi connectivity index (χ1) is 6.27. The van der Waals surface area contributed by atoms with Gasteiger partial charge in [-0.15, -0.1) is 5.10 Å². The second-order valence-corrected chi connectivity index (χ2v) is 3.23. The molecule has 13 heavy (non-hydrogen) atoms. The van der Waals surface area contributed by atoms with Gasteiger partial charge in [0.1, 0.15) is 12.1 Å². The van der Waals surface area contributed by atoms with Crippen LogP contribution >= 0.6 is 15.9 Å². The van der Waals surface area contributed by atoms with Crippen molar-refractivity contribution in [1.29, 1.82) is 0 Å². The molecule has 0 saturated carbocycles. The molecule has 0 aromatic carbocycles. The van der Waals surface area contributed by atoms with Crippen molar-refractivity contribution in [3.8, 4) is 5.82 Å². The molecule has 2 aromatic heterocycles. The first-order valence-electron chi connectivity index (χ1n) is 3.54. The molecule has 0 amide bonds. The Hall–Kier alpha value is -1.43. The second kappa shape index (κ2) is 3.14. The minimum atomic E-state index is 0.463. The van der Waals surface area contributed by atoms with Gasteiger partial charge < -0.3 is 5.73 Å². The van der Waals surface area contributed by atoms with Crippen LogP contribution in [0.15, 0.2) is 29.3 Å². The van der Waals surface area contributed by atoms with E-state index in [1.54, 1.807) is 23.1 Å². The number of hydrogen-bond donors (Lipinski definition) is 1. The van der Waals surface area contributed by atoms with Crippen molar-refractivity contribution in [2.75, 3.05) is 5.73 Å². The van der Waals surface area contributed by atoms with Crippen molar-refractivity contribution in [3.05, 3.63) is 29.3 Å². The van der Waals surface area contributed by atoms with Crippen molar-refractivity contribution < 1.29 is 0 Å². The summed E-state index contributed by atoms with van der Waals surface area (Å²) in [4.78, 5) is 7.90. The molecule has 0 unspecified atom stereocenters. The molecule has 0 saturated heterocycles. The first-order valence-corrected chi connectivity index (χ1v) is 4.33. The molecule has 0 spiro atoms. The molecule has 66 valence electrons. The van der Waals surface area contributed by atoms with Gasteiger partial charge in [0.2, 0.25) is 0 Å². The maximum absolute atomic E-state index is 5.48. The van der Waals surface area contributed by atoms with Gasteiger partial charge in [0, 0.05) is 18.5 Å². The topological polar surface area (TPSA) is 69.6 Å². The minimum absolute atomic E-state index is 0.463. The van der Waals surface area contributed by atoms with Gasteiger partial charge in [-0.25, -0.2) is 14.6 Å². The van der Waals surface area contributed by atoms with Crippen LogP contribution in [0.4, 0.5) is 5.82 Å². The Kier molecular flexibility index (Phi) is 1.97. The van der Waals surface area contributed by atoms with Crippen LogP contribution in [-0.4, -0.2) is 19.7 Å². The molecule has 2 N–H and O–H groups in total. The lowest BCUT2D eigenvalue weighted by Crippen LogP contribution is -2.00. The van der Waals surface area contributed by atoms with Crippen LogP contribution in [0.3, 0.4) is 0 Å². The van der Waals surface area contributed by atoms with Crippen LogP contribution in [0.25, 0.3) is 5.82 Å². The van der Waals surface area contributed by atoms with Gasteiger partial charge in [-0.3, -0.25) is 0 Å². The highest BCUT2D eigenvalue weighted by atomic mass is 79.9. The molecule has 0 atom stereocenters. The lowest BCUT2D eigenvalue weighted by atomic mass is 10.6. The van der Waals surface area contributed by atoms with E-state index in [1.165, 1.54) is 6.33 Å². The molecule has 2 heterocycles. The van der Waals surface area contributed by atoms with Gasteiger partial charge in [0.05, 0.1) is 4.47 Å². The summed E-state index contributed by atoms with van der Waals surface area (Å²) in [5.41, 5.74) is 5.48. The summed E-state index contributed by atoms with van der Waals surface area (Å²) in [6.45, 7) is 0. The fraction of sp³-hybridized carbons (Fsp3) is 0. The van der Waals surface area contributed by atoms with Crippen LogP contribution < -0.4 is 5.73 Å². The summed E-state index contributed by atoms with van der Waals surface area (Å²) >= 11 is 3.32. The Morgan fingerprint density at radius 2 is 2.31 bits per heavy atom. The fourth-order valence-electron chi connectivity index (χ4n) is 0.931. The lowest BCUT2D eigenvalue weighted by Gasteiger charge is -2.00. The Bertz CT molecular complexity index is 424. The van der Waals surface area contributed by atoms with Gasteiger partial charge in [-0.1, -0.05) is 0 Å². The van der Waals surface area contributed by atoms with Crippen LogP contribution in [0.1, 0.15) is 0 Å². The quantitative estimate of drug-likeness (QED) is 0.807. The lowest BCUT2D eigenvalue weighted by molar-refractivity contribution is 0.837. The van der Waals surface area contributed by atoms with Gasteiger partial charge in [0.15, 0.2) is 5.82 Å². The average Bonchev–Trinajstić information content (AvgIpc) is 2.53. The normalized spacial score (nSPS) is 10.2.